The van der Waals surface area contributed by atoms with Crippen LogP contribution >= 0.6 is 0 Å². The highest BCUT2D eigenvalue weighted by atomic mass is 16.2. The first-order chi connectivity index (χ1) is 9.68. The average Bonchev–Trinajstić information content (AvgIpc) is 3.17. The Morgan fingerprint density at radius 2 is 2.00 bits per heavy atom. The van der Waals surface area contributed by atoms with Gasteiger partial charge < -0.3 is 10.6 Å². The molecule has 4 nitrogen and oxygen atoms in total. The molecule has 1 amide bonds. The van der Waals surface area contributed by atoms with Crippen LogP contribution in [0.3, 0.4) is 0 Å². The van der Waals surface area contributed by atoms with Gasteiger partial charge in [-0.2, -0.15) is 0 Å². The van der Waals surface area contributed by atoms with Crippen molar-refractivity contribution in [3.8, 4) is 0 Å². The molecule has 116 valence electrons. The third-order valence-electron chi connectivity index (χ3n) is 3.90. The number of rotatable bonds is 4. The topological polar surface area (TPSA) is 59.2 Å². The summed E-state index contributed by atoms with van der Waals surface area (Å²) in [6.45, 7) is 11.2. The Labute approximate surface area is 127 Å². The number of nitrogens with zero attached hydrogens (tertiary/aromatic N) is 2. The number of hydrogen-bond donors (Lipinski definition) is 1. The molecule has 0 atom stereocenters. The Morgan fingerprint density at radius 3 is 2.48 bits per heavy atom. The number of nitrogens with two attached hydrogens (primary N) is 1. The lowest BCUT2D eigenvalue weighted by atomic mass is 9.90. The maximum Gasteiger partial charge on any atom is 0.254 e. The van der Waals surface area contributed by atoms with E-state index < -0.39 is 0 Å². The fraction of sp³-hybridized carbons (Fsp3) is 0.647. The lowest BCUT2D eigenvalue weighted by molar-refractivity contribution is 0.0696. The Bertz CT molecular complexity index is 527. The summed E-state index contributed by atoms with van der Waals surface area (Å²) in [5, 5.41) is 0. The van der Waals surface area contributed by atoms with Gasteiger partial charge in [0, 0.05) is 29.3 Å². The maximum atomic E-state index is 12.8. The van der Waals surface area contributed by atoms with E-state index in [9.17, 15) is 4.79 Å². The van der Waals surface area contributed by atoms with Crippen LogP contribution < -0.4 is 5.73 Å². The lowest BCUT2D eigenvalue weighted by Crippen LogP contribution is -2.38. The van der Waals surface area contributed by atoms with Gasteiger partial charge in [-0.25, -0.2) is 4.98 Å². The SMILES string of the molecule is CC(C)N(CC1CC1)C(=O)c1cc(N)nc(C(C)(C)C)c1. The normalized spacial score (nSPS) is 15.3. The van der Waals surface area contributed by atoms with Crippen molar-refractivity contribution in [2.45, 2.75) is 58.9 Å². The molecule has 2 N–H and O–H groups in total. The van der Waals surface area contributed by atoms with Crippen LogP contribution in [0, 0.1) is 5.92 Å². The van der Waals surface area contributed by atoms with Crippen molar-refractivity contribution in [1.82, 2.24) is 9.88 Å². The highest BCUT2D eigenvalue weighted by molar-refractivity contribution is 5.95. The number of aromatic nitrogens is 1. The molecule has 1 aromatic heterocycles. The molecule has 0 radical (unpaired) electrons. The largest absolute Gasteiger partial charge is 0.384 e. The van der Waals surface area contributed by atoms with Crippen molar-refractivity contribution >= 4 is 11.7 Å². The number of pyridine rings is 1. The second kappa shape index (κ2) is 5.66. The number of hydrogen-bond acceptors (Lipinski definition) is 3. The van der Waals surface area contributed by atoms with Gasteiger partial charge in [-0.3, -0.25) is 4.79 Å². The summed E-state index contributed by atoms with van der Waals surface area (Å²) < 4.78 is 0. The molecule has 0 saturated heterocycles. The molecular formula is C17H27N3O. The minimum atomic E-state index is -0.121. The van der Waals surface area contributed by atoms with Crippen LogP contribution in [0.15, 0.2) is 12.1 Å². The van der Waals surface area contributed by atoms with Crippen molar-refractivity contribution in [1.29, 1.82) is 0 Å². The molecule has 1 aliphatic rings. The second-order valence-corrected chi connectivity index (χ2v) is 7.41. The van der Waals surface area contributed by atoms with Gasteiger partial charge in [-0.15, -0.1) is 0 Å². The van der Waals surface area contributed by atoms with Gasteiger partial charge in [-0.05, 0) is 44.7 Å². The molecule has 1 fully saturated rings. The van der Waals surface area contributed by atoms with Gasteiger partial charge in [0.15, 0.2) is 0 Å². The van der Waals surface area contributed by atoms with E-state index >= 15 is 0 Å². The van der Waals surface area contributed by atoms with E-state index in [1.54, 1.807) is 6.07 Å². The third kappa shape index (κ3) is 3.96. The number of nitrogen functional groups attached to an aromatic ring is 1. The molecule has 0 aromatic carbocycles. The second-order valence-electron chi connectivity index (χ2n) is 7.41. The Balaban J connectivity index is 2.30. The first-order valence-corrected chi connectivity index (χ1v) is 7.77. The fourth-order valence-electron chi connectivity index (χ4n) is 2.33. The third-order valence-corrected chi connectivity index (χ3v) is 3.90. The minimum Gasteiger partial charge on any atom is -0.384 e. The highest BCUT2D eigenvalue weighted by Gasteiger charge is 2.29. The van der Waals surface area contributed by atoms with Crippen LogP contribution in [0.5, 0.6) is 0 Å². The predicted octanol–water partition coefficient (Wildman–Crippen LogP) is 3.22. The molecular weight excluding hydrogens is 262 g/mol. The van der Waals surface area contributed by atoms with Gasteiger partial charge in [0.2, 0.25) is 0 Å². The molecule has 0 unspecified atom stereocenters. The van der Waals surface area contributed by atoms with Crippen LogP contribution in [0.25, 0.3) is 0 Å². The van der Waals surface area contributed by atoms with Crippen molar-refractivity contribution in [3.63, 3.8) is 0 Å². The summed E-state index contributed by atoms with van der Waals surface area (Å²) in [7, 11) is 0. The summed E-state index contributed by atoms with van der Waals surface area (Å²) in [5.41, 5.74) is 7.30. The van der Waals surface area contributed by atoms with Crippen LogP contribution in [-0.4, -0.2) is 28.4 Å². The summed E-state index contributed by atoms with van der Waals surface area (Å²) in [6, 6.07) is 3.78. The van der Waals surface area contributed by atoms with E-state index in [-0.39, 0.29) is 17.4 Å². The van der Waals surface area contributed by atoms with Crippen LogP contribution in [0.4, 0.5) is 5.82 Å². The van der Waals surface area contributed by atoms with Gasteiger partial charge in [-0.1, -0.05) is 20.8 Å². The van der Waals surface area contributed by atoms with Crippen molar-refractivity contribution in [2.75, 3.05) is 12.3 Å². The molecule has 21 heavy (non-hydrogen) atoms. The molecule has 0 aliphatic heterocycles. The smallest absolute Gasteiger partial charge is 0.254 e. The predicted molar refractivity (Wildman–Crippen MR) is 86.2 cm³/mol. The van der Waals surface area contributed by atoms with Gasteiger partial charge >= 0.3 is 0 Å². The first kappa shape index (κ1) is 15.8. The summed E-state index contributed by atoms with van der Waals surface area (Å²) >= 11 is 0. The van der Waals surface area contributed by atoms with E-state index in [1.807, 2.05) is 11.0 Å². The zero-order valence-electron chi connectivity index (χ0n) is 13.8. The number of amides is 1. The zero-order chi connectivity index (χ0) is 15.8. The summed E-state index contributed by atoms with van der Waals surface area (Å²) in [5.74, 6) is 1.16. The maximum absolute atomic E-state index is 12.8. The van der Waals surface area contributed by atoms with Crippen LogP contribution in [0.1, 0.15) is 63.5 Å². The highest BCUT2D eigenvalue weighted by Crippen LogP contribution is 2.31. The Kier molecular flexibility index (Phi) is 4.26. The number of anilines is 1. The molecule has 0 spiro atoms. The fourth-order valence-corrected chi connectivity index (χ4v) is 2.33. The molecule has 1 saturated carbocycles. The summed E-state index contributed by atoms with van der Waals surface area (Å²) in [6.07, 6.45) is 2.48. The van der Waals surface area contributed by atoms with E-state index in [2.05, 4.69) is 39.6 Å². The Hall–Kier alpha value is -1.58. The summed E-state index contributed by atoms with van der Waals surface area (Å²) in [4.78, 5) is 19.2. The van der Waals surface area contributed by atoms with Crippen LogP contribution in [0.2, 0.25) is 0 Å². The van der Waals surface area contributed by atoms with Crippen molar-refractivity contribution < 1.29 is 4.79 Å². The minimum absolute atomic E-state index is 0.0662. The molecule has 2 rings (SSSR count). The standard InChI is InChI=1S/C17H27N3O/c1-11(2)20(10-12-6-7-12)16(21)13-8-14(17(3,4)5)19-15(18)9-13/h8-9,11-12H,6-7,10H2,1-5H3,(H2,18,19). The van der Waals surface area contributed by atoms with Crippen LogP contribution in [-0.2, 0) is 5.41 Å². The van der Waals surface area contributed by atoms with Crippen molar-refractivity contribution in [2.24, 2.45) is 5.92 Å². The molecule has 4 heteroatoms. The molecule has 1 aliphatic carbocycles. The quantitative estimate of drug-likeness (QED) is 0.925. The van der Waals surface area contributed by atoms with E-state index in [1.165, 1.54) is 12.8 Å². The lowest BCUT2D eigenvalue weighted by Gasteiger charge is -2.28. The molecule has 1 aromatic rings. The van der Waals surface area contributed by atoms with Gasteiger partial charge in [0.25, 0.3) is 5.91 Å². The monoisotopic (exact) mass is 289 g/mol. The van der Waals surface area contributed by atoms with E-state index in [0.717, 1.165) is 12.2 Å². The number of carbonyl (C=O) groups is 1. The Morgan fingerprint density at radius 1 is 1.38 bits per heavy atom. The van der Waals surface area contributed by atoms with Crippen molar-refractivity contribution in [3.05, 3.63) is 23.4 Å². The van der Waals surface area contributed by atoms with Gasteiger partial charge in [0.05, 0.1) is 0 Å². The van der Waals surface area contributed by atoms with Gasteiger partial charge in [0.1, 0.15) is 5.82 Å². The zero-order valence-corrected chi connectivity index (χ0v) is 13.8. The number of carbonyl (C=O) groups excluding carboxylic acids is 1. The molecule has 0 bridgehead atoms. The first-order valence-electron chi connectivity index (χ1n) is 7.77. The van der Waals surface area contributed by atoms with E-state index in [4.69, 9.17) is 5.73 Å². The molecule has 1 heterocycles. The van der Waals surface area contributed by atoms with E-state index in [0.29, 0.717) is 17.3 Å². The average molecular weight is 289 g/mol.